The van der Waals surface area contributed by atoms with E-state index in [0.717, 1.165) is 24.0 Å². The maximum atomic E-state index is 12.3. The number of amides is 1. The Labute approximate surface area is 136 Å². The molecule has 4 heteroatoms. The van der Waals surface area contributed by atoms with Gasteiger partial charge in [0.1, 0.15) is 6.04 Å². The zero-order valence-corrected chi connectivity index (χ0v) is 13.0. The normalized spacial score (nSPS) is 15.4. The quantitative estimate of drug-likeness (QED) is 0.733. The van der Waals surface area contributed by atoms with Crippen LogP contribution in [0.5, 0.6) is 0 Å². The summed E-state index contributed by atoms with van der Waals surface area (Å²) in [7, 11) is 0. The van der Waals surface area contributed by atoms with Crippen LogP contribution in [0.4, 0.5) is 0 Å². The topological polar surface area (TPSA) is 61.4 Å². The first-order chi connectivity index (χ1) is 11.3. The zero-order chi connectivity index (χ0) is 16.1. The van der Waals surface area contributed by atoms with Crippen LogP contribution in [-0.4, -0.2) is 29.7 Å². The van der Waals surface area contributed by atoms with E-state index >= 15 is 0 Å². The summed E-state index contributed by atoms with van der Waals surface area (Å²) in [6.07, 6.45) is 2.06. The monoisotopic (exact) mass is 310 g/mol. The van der Waals surface area contributed by atoms with Crippen LogP contribution in [0.15, 0.2) is 60.7 Å². The lowest BCUT2D eigenvalue weighted by atomic mass is 9.97. The molecule has 1 atom stereocenters. The van der Waals surface area contributed by atoms with Gasteiger partial charge in [-0.3, -0.25) is 10.1 Å². The highest BCUT2D eigenvalue weighted by Crippen LogP contribution is 2.23. The first kappa shape index (κ1) is 15.7. The third kappa shape index (κ3) is 4.18. The summed E-state index contributed by atoms with van der Waals surface area (Å²) in [5.74, 6) is -0.133. The summed E-state index contributed by atoms with van der Waals surface area (Å²) in [6.45, 7) is -0.227. The van der Waals surface area contributed by atoms with Gasteiger partial charge in [0, 0.05) is 6.04 Å². The minimum Gasteiger partial charge on any atom is -0.394 e. The van der Waals surface area contributed by atoms with E-state index < -0.39 is 6.04 Å². The van der Waals surface area contributed by atoms with Crippen LogP contribution in [0, 0.1) is 0 Å². The molecule has 2 aromatic carbocycles. The Hall–Kier alpha value is -2.17. The molecule has 0 aliphatic heterocycles. The van der Waals surface area contributed by atoms with Gasteiger partial charge in [-0.15, -0.1) is 0 Å². The molecule has 3 N–H and O–H groups in total. The van der Waals surface area contributed by atoms with Crippen molar-refractivity contribution in [1.82, 2.24) is 10.6 Å². The summed E-state index contributed by atoms with van der Waals surface area (Å²) in [5.41, 5.74) is 2.13. The Morgan fingerprint density at radius 3 is 1.96 bits per heavy atom. The third-order valence-electron chi connectivity index (χ3n) is 4.06. The van der Waals surface area contributed by atoms with Crippen molar-refractivity contribution < 1.29 is 9.90 Å². The van der Waals surface area contributed by atoms with Crippen LogP contribution in [0.25, 0.3) is 0 Å². The van der Waals surface area contributed by atoms with E-state index in [4.69, 9.17) is 0 Å². The van der Waals surface area contributed by atoms with E-state index in [2.05, 4.69) is 10.6 Å². The summed E-state index contributed by atoms with van der Waals surface area (Å²) in [6, 6.07) is 19.5. The molecule has 120 valence electrons. The molecule has 0 spiro atoms. The molecule has 2 aromatic rings. The number of aliphatic hydroxyl groups excluding tert-OH is 1. The molecule has 0 heterocycles. The molecular weight excluding hydrogens is 288 g/mol. The van der Waals surface area contributed by atoms with E-state index in [1.807, 2.05) is 60.7 Å². The molecule has 0 saturated heterocycles. The van der Waals surface area contributed by atoms with Crippen LogP contribution >= 0.6 is 0 Å². The second-order valence-electron chi connectivity index (χ2n) is 5.94. The highest BCUT2D eigenvalue weighted by molar-refractivity contribution is 5.82. The second kappa shape index (κ2) is 7.40. The molecule has 1 saturated carbocycles. The molecule has 23 heavy (non-hydrogen) atoms. The van der Waals surface area contributed by atoms with Gasteiger partial charge >= 0.3 is 0 Å². The van der Waals surface area contributed by atoms with Gasteiger partial charge in [-0.25, -0.2) is 0 Å². The first-order valence-electron chi connectivity index (χ1n) is 8.05. The highest BCUT2D eigenvalue weighted by atomic mass is 16.3. The molecular formula is C19H22N2O2. The molecule has 1 aliphatic carbocycles. The number of hydrogen-bond donors (Lipinski definition) is 3. The second-order valence-corrected chi connectivity index (χ2v) is 5.94. The fraction of sp³-hybridized carbons (Fsp3) is 0.316. The fourth-order valence-electron chi connectivity index (χ4n) is 2.62. The maximum Gasteiger partial charge on any atom is 0.239 e. The maximum absolute atomic E-state index is 12.3. The number of carbonyl (C=O) groups excluding carboxylic acids is 1. The van der Waals surface area contributed by atoms with Crippen molar-refractivity contribution in [3.63, 3.8) is 0 Å². The smallest absolute Gasteiger partial charge is 0.239 e. The predicted octanol–water partition coefficient (Wildman–Crippen LogP) is 2.01. The average Bonchev–Trinajstić information content (AvgIpc) is 3.41. The van der Waals surface area contributed by atoms with Crippen molar-refractivity contribution in [2.24, 2.45) is 0 Å². The third-order valence-corrected chi connectivity index (χ3v) is 4.06. The Morgan fingerprint density at radius 1 is 1.00 bits per heavy atom. The van der Waals surface area contributed by atoms with E-state index in [1.54, 1.807) is 0 Å². The Balaban J connectivity index is 1.81. The summed E-state index contributed by atoms with van der Waals surface area (Å²) < 4.78 is 0. The lowest BCUT2D eigenvalue weighted by Crippen LogP contribution is -2.48. The van der Waals surface area contributed by atoms with Crippen LogP contribution in [0.3, 0.4) is 0 Å². The SMILES string of the molecule is O=C(NC1CC1)[C@@H](CO)NC(c1ccccc1)c1ccccc1. The van der Waals surface area contributed by atoms with Gasteiger partial charge in [0.2, 0.25) is 5.91 Å². The molecule has 0 aromatic heterocycles. The lowest BCUT2D eigenvalue weighted by Gasteiger charge is -2.25. The minimum absolute atomic E-state index is 0.133. The molecule has 0 unspecified atom stereocenters. The van der Waals surface area contributed by atoms with E-state index in [0.29, 0.717) is 0 Å². The number of hydrogen-bond acceptors (Lipinski definition) is 3. The summed E-state index contributed by atoms with van der Waals surface area (Å²) >= 11 is 0. The first-order valence-corrected chi connectivity index (χ1v) is 8.05. The number of carbonyl (C=O) groups is 1. The van der Waals surface area contributed by atoms with Crippen molar-refractivity contribution in [3.8, 4) is 0 Å². The van der Waals surface area contributed by atoms with Crippen LogP contribution in [-0.2, 0) is 4.79 Å². The molecule has 4 nitrogen and oxygen atoms in total. The minimum atomic E-state index is -0.624. The van der Waals surface area contributed by atoms with Gasteiger partial charge in [0.05, 0.1) is 12.6 Å². The van der Waals surface area contributed by atoms with Crippen molar-refractivity contribution in [3.05, 3.63) is 71.8 Å². The van der Waals surface area contributed by atoms with Crippen LogP contribution in [0.2, 0.25) is 0 Å². The molecule has 1 amide bonds. The fourth-order valence-corrected chi connectivity index (χ4v) is 2.62. The molecule has 0 radical (unpaired) electrons. The van der Waals surface area contributed by atoms with Gasteiger partial charge in [-0.05, 0) is 24.0 Å². The molecule has 1 aliphatic rings. The highest BCUT2D eigenvalue weighted by Gasteiger charge is 2.29. The number of aliphatic hydroxyl groups is 1. The average molecular weight is 310 g/mol. The molecule has 3 rings (SSSR count). The van der Waals surface area contributed by atoms with E-state index in [-0.39, 0.29) is 24.6 Å². The van der Waals surface area contributed by atoms with Crippen molar-refractivity contribution in [2.75, 3.05) is 6.61 Å². The van der Waals surface area contributed by atoms with Gasteiger partial charge in [0.25, 0.3) is 0 Å². The summed E-state index contributed by atoms with van der Waals surface area (Å²) in [4.78, 5) is 12.3. The van der Waals surface area contributed by atoms with Gasteiger partial charge in [0.15, 0.2) is 0 Å². The number of nitrogens with one attached hydrogen (secondary N) is 2. The molecule has 0 bridgehead atoms. The number of rotatable bonds is 7. The van der Waals surface area contributed by atoms with Crippen molar-refractivity contribution in [2.45, 2.75) is 31.0 Å². The molecule has 1 fully saturated rings. The largest absolute Gasteiger partial charge is 0.394 e. The summed E-state index contributed by atoms with van der Waals surface area (Å²) in [5, 5.41) is 15.9. The lowest BCUT2D eigenvalue weighted by molar-refractivity contribution is -0.124. The standard InChI is InChI=1S/C19H22N2O2/c22-13-17(19(23)20-16-11-12-16)21-18(14-7-3-1-4-8-14)15-9-5-2-6-10-15/h1-10,16-18,21-22H,11-13H2,(H,20,23)/t17-/m1/s1. The Kier molecular flexibility index (Phi) is 5.05. The Bertz CT molecular complexity index is 587. The van der Waals surface area contributed by atoms with Gasteiger partial charge in [-0.1, -0.05) is 60.7 Å². The van der Waals surface area contributed by atoms with Gasteiger partial charge < -0.3 is 10.4 Å². The van der Waals surface area contributed by atoms with Crippen molar-refractivity contribution in [1.29, 1.82) is 0 Å². The van der Waals surface area contributed by atoms with Crippen molar-refractivity contribution >= 4 is 5.91 Å². The van der Waals surface area contributed by atoms with Crippen LogP contribution < -0.4 is 10.6 Å². The van der Waals surface area contributed by atoms with E-state index in [1.165, 1.54) is 0 Å². The zero-order valence-electron chi connectivity index (χ0n) is 13.0. The number of benzene rings is 2. The van der Waals surface area contributed by atoms with Gasteiger partial charge in [-0.2, -0.15) is 0 Å². The predicted molar refractivity (Wildman–Crippen MR) is 89.9 cm³/mol. The van der Waals surface area contributed by atoms with Crippen LogP contribution in [0.1, 0.15) is 30.0 Å². The van der Waals surface area contributed by atoms with E-state index in [9.17, 15) is 9.90 Å². The Morgan fingerprint density at radius 2 is 1.52 bits per heavy atom.